The molecule has 0 fully saturated rings. The van der Waals surface area contributed by atoms with Crippen molar-refractivity contribution >= 4 is 6.01 Å². The molecule has 2 rings (SSSR count). The first-order valence-corrected chi connectivity index (χ1v) is 4.26. The third-order valence-corrected chi connectivity index (χ3v) is 2.36. The second-order valence-corrected chi connectivity index (χ2v) is 3.18. The highest BCUT2D eigenvalue weighted by molar-refractivity contribution is 5.27. The molecule has 0 spiro atoms. The summed E-state index contributed by atoms with van der Waals surface area (Å²) in [6.45, 7) is 0.699. The molecule has 4 N–H and O–H groups in total. The zero-order valence-corrected chi connectivity index (χ0v) is 6.92. The van der Waals surface area contributed by atoms with Crippen molar-refractivity contribution in [2.75, 3.05) is 12.3 Å². The van der Waals surface area contributed by atoms with Crippen LogP contribution in [0.4, 0.5) is 6.01 Å². The molecule has 1 atom stereocenters. The van der Waals surface area contributed by atoms with E-state index in [1.54, 1.807) is 0 Å². The van der Waals surface area contributed by atoms with Gasteiger partial charge in [-0.1, -0.05) is 0 Å². The van der Waals surface area contributed by atoms with E-state index in [0.717, 1.165) is 30.7 Å². The average molecular weight is 167 g/mol. The Bertz CT molecular complexity index is 282. The Morgan fingerprint density at radius 1 is 1.58 bits per heavy atom. The third kappa shape index (κ3) is 1.08. The monoisotopic (exact) mass is 167 g/mol. The number of hydrogen-bond donors (Lipinski definition) is 2. The minimum Gasteiger partial charge on any atom is -0.428 e. The maximum atomic E-state index is 5.48. The second-order valence-electron chi connectivity index (χ2n) is 3.18. The van der Waals surface area contributed by atoms with Gasteiger partial charge in [-0.25, -0.2) is 0 Å². The molecule has 0 bridgehead atoms. The van der Waals surface area contributed by atoms with Gasteiger partial charge in [0, 0.05) is 5.92 Å². The maximum Gasteiger partial charge on any atom is 0.292 e. The molecule has 66 valence electrons. The van der Waals surface area contributed by atoms with Gasteiger partial charge in [-0.05, 0) is 25.8 Å². The number of oxazole rings is 1. The standard InChI is InChI=1S/C8H13N3O/c9-4-3-5-1-2-6-7(5)12-8(10)11-6/h5H,1-4,9H2,(H2,10,11). The summed E-state index contributed by atoms with van der Waals surface area (Å²) < 4.78 is 5.30. The number of nitrogen functional groups attached to an aromatic ring is 1. The molecule has 0 radical (unpaired) electrons. The minimum absolute atomic E-state index is 0.293. The summed E-state index contributed by atoms with van der Waals surface area (Å²) in [4.78, 5) is 4.09. The highest BCUT2D eigenvalue weighted by Crippen LogP contribution is 2.35. The van der Waals surface area contributed by atoms with Crippen LogP contribution in [0.3, 0.4) is 0 Å². The molecular formula is C8H13N3O. The van der Waals surface area contributed by atoms with Gasteiger partial charge in [-0.15, -0.1) is 0 Å². The van der Waals surface area contributed by atoms with Crippen LogP contribution in [0, 0.1) is 0 Å². The average Bonchev–Trinajstić information content (AvgIpc) is 2.52. The van der Waals surface area contributed by atoms with Crippen molar-refractivity contribution in [1.29, 1.82) is 0 Å². The van der Waals surface area contributed by atoms with E-state index in [4.69, 9.17) is 15.9 Å². The van der Waals surface area contributed by atoms with Gasteiger partial charge < -0.3 is 15.9 Å². The summed E-state index contributed by atoms with van der Waals surface area (Å²) in [5, 5.41) is 0. The van der Waals surface area contributed by atoms with Gasteiger partial charge >= 0.3 is 0 Å². The van der Waals surface area contributed by atoms with Crippen LogP contribution >= 0.6 is 0 Å². The summed E-state index contributed by atoms with van der Waals surface area (Å²) in [7, 11) is 0. The SMILES string of the molecule is NCCC1CCc2nc(N)oc21. The van der Waals surface area contributed by atoms with Crippen molar-refractivity contribution in [2.45, 2.75) is 25.2 Å². The van der Waals surface area contributed by atoms with E-state index in [-0.39, 0.29) is 0 Å². The lowest BCUT2D eigenvalue weighted by Crippen LogP contribution is -2.04. The van der Waals surface area contributed by atoms with Gasteiger partial charge in [0.1, 0.15) is 5.76 Å². The van der Waals surface area contributed by atoms with Crippen molar-refractivity contribution in [3.05, 3.63) is 11.5 Å². The fourth-order valence-electron chi connectivity index (χ4n) is 1.80. The van der Waals surface area contributed by atoms with Crippen LogP contribution in [0.2, 0.25) is 0 Å². The maximum absolute atomic E-state index is 5.48. The molecule has 1 aliphatic carbocycles. The van der Waals surface area contributed by atoms with Gasteiger partial charge in [0.2, 0.25) is 0 Å². The van der Waals surface area contributed by atoms with Crippen LogP contribution in [0.15, 0.2) is 4.42 Å². The normalized spacial score (nSPS) is 21.2. The molecule has 0 aromatic carbocycles. The molecule has 1 aromatic rings. The van der Waals surface area contributed by atoms with Crippen molar-refractivity contribution in [3.63, 3.8) is 0 Å². The number of rotatable bonds is 2. The largest absolute Gasteiger partial charge is 0.428 e. The van der Waals surface area contributed by atoms with Gasteiger partial charge in [0.25, 0.3) is 6.01 Å². The van der Waals surface area contributed by atoms with E-state index < -0.39 is 0 Å². The zero-order chi connectivity index (χ0) is 8.55. The number of fused-ring (bicyclic) bond motifs is 1. The zero-order valence-electron chi connectivity index (χ0n) is 6.92. The van der Waals surface area contributed by atoms with E-state index in [1.165, 1.54) is 0 Å². The summed E-state index contributed by atoms with van der Waals surface area (Å²) in [5.41, 5.74) is 12.0. The van der Waals surface area contributed by atoms with Gasteiger partial charge in [0.05, 0.1) is 5.69 Å². The minimum atomic E-state index is 0.293. The molecule has 0 saturated heterocycles. The Hall–Kier alpha value is -1.03. The molecule has 0 amide bonds. The number of nitrogens with two attached hydrogens (primary N) is 2. The number of aromatic nitrogens is 1. The van der Waals surface area contributed by atoms with Gasteiger partial charge in [-0.3, -0.25) is 0 Å². The lowest BCUT2D eigenvalue weighted by atomic mass is 10.0. The quantitative estimate of drug-likeness (QED) is 0.677. The van der Waals surface area contributed by atoms with Crippen LogP contribution < -0.4 is 11.5 Å². The molecule has 0 aliphatic heterocycles. The molecule has 1 heterocycles. The van der Waals surface area contributed by atoms with Crippen molar-refractivity contribution in [3.8, 4) is 0 Å². The molecule has 1 aromatic heterocycles. The van der Waals surface area contributed by atoms with Crippen molar-refractivity contribution in [2.24, 2.45) is 5.73 Å². The Morgan fingerprint density at radius 2 is 2.42 bits per heavy atom. The number of aryl methyl sites for hydroxylation is 1. The van der Waals surface area contributed by atoms with E-state index in [9.17, 15) is 0 Å². The van der Waals surface area contributed by atoms with Gasteiger partial charge in [0.15, 0.2) is 0 Å². The highest BCUT2D eigenvalue weighted by atomic mass is 16.4. The molecule has 1 aliphatic rings. The van der Waals surface area contributed by atoms with Crippen molar-refractivity contribution < 1.29 is 4.42 Å². The first kappa shape index (κ1) is 7.61. The Kier molecular flexibility index (Phi) is 1.77. The Labute approximate surface area is 70.9 Å². The summed E-state index contributed by atoms with van der Waals surface area (Å²) in [6, 6.07) is 0.293. The molecule has 12 heavy (non-hydrogen) atoms. The van der Waals surface area contributed by atoms with E-state index in [2.05, 4.69) is 4.98 Å². The fraction of sp³-hybridized carbons (Fsp3) is 0.625. The topological polar surface area (TPSA) is 78.1 Å². The van der Waals surface area contributed by atoms with Crippen LogP contribution in [-0.2, 0) is 6.42 Å². The first-order valence-electron chi connectivity index (χ1n) is 4.26. The summed E-state index contributed by atoms with van der Waals surface area (Å²) in [6.07, 6.45) is 3.07. The second kappa shape index (κ2) is 2.79. The predicted molar refractivity (Wildman–Crippen MR) is 45.6 cm³/mol. The Morgan fingerprint density at radius 3 is 3.17 bits per heavy atom. The van der Waals surface area contributed by atoms with E-state index >= 15 is 0 Å². The number of anilines is 1. The lowest BCUT2D eigenvalue weighted by Gasteiger charge is -2.04. The third-order valence-electron chi connectivity index (χ3n) is 2.36. The number of hydrogen-bond acceptors (Lipinski definition) is 4. The Balaban J connectivity index is 2.22. The van der Waals surface area contributed by atoms with Crippen molar-refractivity contribution in [1.82, 2.24) is 4.98 Å². The molecular weight excluding hydrogens is 154 g/mol. The van der Waals surface area contributed by atoms with Gasteiger partial charge in [-0.2, -0.15) is 4.98 Å². The van der Waals surface area contributed by atoms with E-state index in [1.807, 2.05) is 0 Å². The fourth-order valence-corrected chi connectivity index (χ4v) is 1.80. The highest BCUT2D eigenvalue weighted by Gasteiger charge is 2.27. The lowest BCUT2D eigenvalue weighted by molar-refractivity contribution is 0.464. The molecule has 4 nitrogen and oxygen atoms in total. The molecule has 4 heteroatoms. The van der Waals surface area contributed by atoms with Crippen LogP contribution in [0.25, 0.3) is 0 Å². The smallest absolute Gasteiger partial charge is 0.292 e. The first-order chi connectivity index (χ1) is 5.81. The molecule has 0 saturated carbocycles. The van der Waals surface area contributed by atoms with Crippen LogP contribution in [-0.4, -0.2) is 11.5 Å². The summed E-state index contributed by atoms with van der Waals surface area (Å²) >= 11 is 0. The molecule has 1 unspecified atom stereocenters. The number of nitrogens with zero attached hydrogens (tertiary/aromatic N) is 1. The summed E-state index contributed by atoms with van der Waals surface area (Å²) in [5.74, 6) is 1.42. The van der Waals surface area contributed by atoms with E-state index in [0.29, 0.717) is 18.5 Å². The van der Waals surface area contributed by atoms with Crippen LogP contribution in [0.5, 0.6) is 0 Å². The predicted octanol–water partition coefficient (Wildman–Crippen LogP) is 0.635. The van der Waals surface area contributed by atoms with Crippen LogP contribution in [0.1, 0.15) is 30.2 Å².